The van der Waals surface area contributed by atoms with Crippen LogP contribution in [0.4, 0.5) is 5.69 Å². The second-order valence-corrected chi connectivity index (χ2v) is 9.72. The zero-order valence-corrected chi connectivity index (χ0v) is 20.0. The predicted octanol–water partition coefficient (Wildman–Crippen LogP) is 5.60. The Morgan fingerprint density at radius 2 is 1.59 bits per heavy atom. The number of halogens is 3. The van der Waals surface area contributed by atoms with E-state index in [4.69, 9.17) is 34.8 Å². The average molecular weight is 495 g/mol. The molecular formula is C24H26Cl3N3O2. The van der Waals surface area contributed by atoms with Crippen LogP contribution in [0.2, 0.25) is 15.1 Å². The molecule has 0 aromatic heterocycles. The number of hydrogen-bond donors (Lipinski definition) is 1. The smallest absolute Gasteiger partial charge is 0.255 e. The quantitative estimate of drug-likeness (QED) is 0.588. The highest BCUT2D eigenvalue weighted by Crippen LogP contribution is 2.32. The number of amides is 2. The van der Waals surface area contributed by atoms with E-state index in [1.165, 1.54) is 0 Å². The molecule has 0 spiro atoms. The molecule has 1 aliphatic heterocycles. The van der Waals surface area contributed by atoms with Crippen LogP contribution in [0.3, 0.4) is 0 Å². The van der Waals surface area contributed by atoms with Gasteiger partial charge in [0.15, 0.2) is 0 Å². The van der Waals surface area contributed by atoms with Gasteiger partial charge in [0, 0.05) is 41.9 Å². The van der Waals surface area contributed by atoms with Gasteiger partial charge in [-0.05, 0) is 55.2 Å². The number of hydrogen-bond acceptors (Lipinski definition) is 3. The molecule has 0 bridgehead atoms. The Labute approximate surface area is 203 Å². The average Bonchev–Trinajstić information content (AvgIpc) is 3.28. The summed E-state index contributed by atoms with van der Waals surface area (Å²) in [5.41, 5.74) is 1.16. The third-order valence-corrected chi connectivity index (χ3v) is 7.15. The van der Waals surface area contributed by atoms with E-state index in [2.05, 4.69) is 10.2 Å². The largest absolute Gasteiger partial charge is 0.336 e. The van der Waals surface area contributed by atoms with Gasteiger partial charge in [-0.25, -0.2) is 0 Å². The molecule has 1 atom stereocenters. The van der Waals surface area contributed by atoms with Gasteiger partial charge in [-0.3, -0.25) is 14.5 Å². The maximum atomic E-state index is 13.3. The third kappa shape index (κ3) is 5.40. The van der Waals surface area contributed by atoms with Crippen molar-refractivity contribution in [2.45, 2.75) is 31.7 Å². The zero-order chi connectivity index (χ0) is 22.7. The Morgan fingerprint density at radius 3 is 2.25 bits per heavy atom. The molecule has 5 nitrogen and oxygen atoms in total. The van der Waals surface area contributed by atoms with Crippen molar-refractivity contribution >= 4 is 52.3 Å². The van der Waals surface area contributed by atoms with Gasteiger partial charge in [-0.15, -0.1) is 0 Å². The molecule has 1 saturated heterocycles. The van der Waals surface area contributed by atoms with Crippen molar-refractivity contribution in [3.8, 4) is 0 Å². The van der Waals surface area contributed by atoms with Gasteiger partial charge in [-0.2, -0.15) is 0 Å². The Bertz CT molecular complexity index is 986. The fourth-order valence-electron chi connectivity index (χ4n) is 4.77. The molecule has 170 valence electrons. The number of anilines is 1. The third-order valence-electron chi connectivity index (χ3n) is 6.36. The molecule has 2 fully saturated rings. The highest BCUT2D eigenvalue weighted by molar-refractivity contribution is 6.36. The van der Waals surface area contributed by atoms with Crippen LogP contribution < -0.4 is 5.32 Å². The Balaban J connectivity index is 1.44. The normalized spacial score (nSPS) is 18.5. The van der Waals surface area contributed by atoms with E-state index in [1.54, 1.807) is 35.2 Å². The molecule has 32 heavy (non-hydrogen) atoms. The molecule has 4 rings (SSSR count). The van der Waals surface area contributed by atoms with Gasteiger partial charge in [0.1, 0.15) is 0 Å². The number of carbonyl (C=O) groups excluding carboxylic acids is 2. The highest BCUT2D eigenvalue weighted by atomic mass is 35.5. The van der Waals surface area contributed by atoms with Gasteiger partial charge in [0.25, 0.3) is 5.91 Å². The van der Waals surface area contributed by atoms with E-state index in [1.807, 2.05) is 12.1 Å². The maximum Gasteiger partial charge on any atom is 0.255 e. The second-order valence-electron chi connectivity index (χ2n) is 8.44. The van der Waals surface area contributed by atoms with Crippen LogP contribution >= 0.6 is 34.8 Å². The minimum atomic E-state index is -0.215. The monoisotopic (exact) mass is 493 g/mol. The molecule has 1 unspecified atom stereocenters. The van der Waals surface area contributed by atoms with Crippen molar-refractivity contribution in [3.63, 3.8) is 0 Å². The topological polar surface area (TPSA) is 52.7 Å². The van der Waals surface area contributed by atoms with Crippen molar-refractivity contribution in [3.05, 3.63) is 63.1 Å². The van der Waals surface area contributed by atoms with Crippen LogP contribution in [0.5, 0.6) is 0 Å². The fraction of sp³-hybridized carbons (Fsp3) is 0.417. The maximum absolute atomic E-state index is 13.3. The molecule has 0 radical (unpaired) electrons. The molecule has 2 amide bonds. The SMILES string of the molecule is O=C(Nc1cccc(Cl)c1)C(C1CCCC1)N1CCN(C(=O)c2ccc(Cl)cc2Cl)CC1. The fourth-order valence-corrected chi connectivity index (χ4v) is 5.45. The van der Waals surface area contributed by atoms with Gasteiger partial charge >= 0.3 is 0 Å². The Kier molecular flexibility index (Phi) is 7.62. The van der Waals surface area contributed by atoms with E-state index in [9.17, 15) is 9.59 Å². The van der Waals surface area contributed by atoms with Crippen molar-refractivity contribution in [2.24, 2.45) is 5.92 Å². The van der Waals surface area contributed by atoms with Crippen LogP contribution in [0.25, 0.3) is 0 Å². The first-order valence-corrected chi connectivity index (χ1v) is 12.1. The number of benzene rings is 2. The predicted molar refractivity (Wildman–Crippen MR) is 130 cm³/mol. The molecular weight excluding hydrogens is 469 g/mol. The summed E-state index contributed by atoms with van der Waals surface area (Å²) in [5, 5.41) is 4.50. The van der Waals surface area contributed by atoms with Gasteiger partial charge in [-0.1, -0.05) is 53.7 Å². The van der Waals surface area contributed by atoms with Crippen molar-refractivity contribution in [1.29, 1.82) is 0 Å². The number of carbonyl (C=O) groups is 2. The number of nitrogens with one attached hydrogen (secondary N) is 1. The lowest BCUT2D eigenvalue weighted by Gasteiger charge is -2.40. The summed E-state index contributed by atoms with van der Waals surface area (Å²) >= 11 is 18.3. The van der Waals surface area contributed by atoms with E-state index in [-0.39, 0.29) is 17.9 Å². The zero-order valence-electron chi connectivity index (χ0n) is 17.7. The number of rotatable bonds is 5. The summed E-state index contributed by atoms with van der Waals surface area (Å²) < 4.78 is 0. The van der Waals surface area contributed by atoms with Crippen molar-refractivity contribution in [2.75, 3.05) is 31.5 Å². The minimum Gasteiger partial charge on any atom is -0.336 e. The van der Waals surface area contributed by atoms with E-state index < -0.39 is 0 Å². The van der Waals surface area contributed by atoms with Gasteiger partial charge in [0.05, 0.1) is 16.6 Å². The summed E-state index contributed by atoms with van der Waals surface area (Å²) in [6.07, 6.45) is 4.40. The lowest BCUT2D eigenvalue weighted by Crippen LogP contribution is -2.57. The molecule has 1 heterocycles. The first-order chi connectivity index (χ1) is 15.4. The van der Waals surface area contributed by atoms with Gasteiger partial charge < -0.3 is 10.2 Å². The lowest BCUT2D eigenvalue weighted by atomic mass is 9.94. The van der Waals surface area contributed by atoms with E-state index in [0.717, 1.165) is 25.7 Å². The molecule has 2 aromatic carbocycles. The van der Waals surface area contributed by atoms with Crippen LogP contribution in [0.1, 0.15) is 36.0 Å². The van der Waals surface area contributed by atoms with Crippen LogP contribution in [0, 0.1) is 5.92 Å². The second kappa shape index (κ2) is 10.4. The highest BCUT2D eigenvalue weighted by Gasteiger charge is 2.37. The summed E-state index contributed by atoms with van der Waals surface area (Å²) in [5.74, 6) is 0.217. The summed E-state index contributed by atoms with van der Waals surface area (Å²) in [7, 11) is 0. The first kappa shape index (κ1) is 23.4. The van der Waals surface area contributed by atoms with Gasteiger partial charge in [0.2, 0.25) is 5.91 Å². The number of nitrogens with zero attached hydrogens (tertiary/aromatic N) is 2. The molecule has 1 aliphatic carbocycles. The minimum absolute atomic E-state index is 0.000288. The molecule has 1 saturated carbocycles. The molecule has 2 aliphatic rings. The van der Waals surface area contributed by atoms with Crippen LogP contribution in [-0.2, 0) is 4.79 Å². The Hall–Kier alpha value is -1.79. The van der Waals surface area contributed by atoms with E-state index >= 15 is 0 Å². The number of piperazine rings is 1. The van der Waals surface area contributed by atoms with Crippen molar-refractivity contribution in [1.82, 2.24) is 9.80 Å². The Morgan fingerprint density at radius 1 is 0.906 bits per heavy atom. The summed E-state index contributed by atoms with van der Waals surface area (Å²) in [6, 6.07) is 11.9. The standard InChI is InChI=1S/C24H26Cl3N3O2/c25-17-6-3-7-19(14-17)28-23(31)22(16-4-1-2-5-16)29-10-12-30(13-11-29)24(32)20-9-8-18(26)15-21(20)27/h3,6-9,14-16,22H,1-2,4-5,10-13H2,(H,28,31). The van der Waals surface area contributed by atoms with Crippen LogP contribution in [-0.4, -0.2) is 53.8 Å². The summed E-state index contributed by atoms with van der Waals surface area (Å²) in [4.78, 5) is 30.3. The van der Waals surface area contributed by atoms with E-state index in [0.29, 0.717) is 58.4 Å². The lowest BCUT2D eigenvalue weighted by molar-refractivity contribution is -0.123. The molecule has 2 aromatic rings. The molecule has 8 heteroatoms. The van der Waals surface area contributed by atoms with Crippen molar-refractivity contribution < 1.29 is 9.59 Å². The summed E-state index contributed by atoms with van der Waals surface area (Å²) in [6.45, 7) is 2.37. The molecule has 1 N–H and O–H groups in total. The first-order valence-electron chi connectivity index (χ1n) is 11.0. The van der Waals surface area contributed by atoms with Crippen LogP contribution in [0.15, 0.2) is 42.5 Å².